The molecule has 104 valence electrons. The Balaban J connectivity index is 1.29. The van der Waals surface area contributed by atoms with Crippen LogP contribution in [0.4, 0.5) is 0 Å². The van der Waals surface area contributed by atoms with E-state index >= 15 is 0 Å². The van der Waals surface area contributed by atoms with E-state index in [0.717, 1.165) is 24.2 Å². The Bertz CT molecular complexity index is 406. The Morgan fingerprint density at radius 3 is 2.26 bits per heavy atom. The van der Waals surface area contributed by atoms with Crippen LogP contribution in [0.1, 0.15) is 51.4 Å². The molecule has 0 aromatic carbocycles. The number of nitrogens with one attached hydrogen (secondary N) is 1. The van der Waals surface area contributed by atoms with Crippen LogP contribution >= 0.6 is 0 Å². The minimum absolute atomic E-state index is 0.187. The van der Waals surface area contributed by atoms with E-state index in [4.69, 9.17) is 0 Å². The predicted octanol–water partition coefficient (Wildman–Crippen LogP) is 2.96. The smallest absolute Gasteiger partial charge is 0.243 e. The number of carbonyl (C=O) groups excluding carboxylic acids is 1. The highest BCUT2D eigenvalue weighted by molar-refractivity contribution is 5.80. The number of hydrazone groups is 1. The molecular formula is C16H24N2O. The molecule has 6 atom stereocenters. The minimum atomic E-state index is 0.187. The number of amides is 1. The summed E-state index contributed by atoms with van der Waals surface area (Å²) in [6.07, 6.45) is 12.5. The number of carbonyl (C=O) groups is 1. The van der Waals surface area contributed by atoms with Gasteiger partial charge in [-0.05, 0) is 68.1 Å². The van der Waals surface area contributed by atoms with Crippen molar-refractivity contribution in [3.05, 3.63) is 0 Å². The topological polar surface area (TPSA) is 41.5 Å². The monoisotopic (exact) mass is 260 g/mol. The van der Waals surface area contributed by atoms with Crippen molar-refractivity contribution in [2.45, 2.75) is 51.4 Å². The Morgan fingerprint density at radius 1 is 0.947 bits per heavy atom. The van der Waals surface area contributed by atoms with Crippen LogP contribution in [0.25, 0.3) is 0 Å². The molecule has 0 aromatic rings. The Kier molecular flexibility index (Phi) is 2.89. The van der Waals surface area contributed by atoms with E-state index in [-0.39, 0.29) is 11.8 Å². The average molecular weight is 260 g/mol. The molecule has 4 fully saturated rings. The molecule has 4 rings (SSSR count). The molecule has 0 heterocycles. The van der Waals surface area contributed by atoms with E-state index in [1.54, 1.807) is 0 Å². The van der Waals surface area contributed by atoms with Gasteiger partial charge in [0.1, 0.15) is 0 Å². The van der Waals surface area contributed by atoms with Gasteiger partial charge in [-0.2, -0.15) is 5.10 Å². The molecule has 0 unspecified atom stereocenters. The molecule has 4 saturated carbocycles. The normalized spacial score (nSPS) is 47.4. The quantitative estimate of drug-likeness (QED) is 0.615. The summed E-state index contributed by atoms with van der Waals surface area (Å²) >= 11 is 0. The molecule has 1 amide bonds. The fraction of sp³-hybridized carbons (Fsp3) is 0.875. The van der Waals surface area contributed by atoms with Gasteiger partial charge in [-0.15, -0.1) is 0 Å². The molecule has 4 aliphatic rings. The first kappa shape index (κ1) is 11.9. The minimum Gasteiger partial charge on any atom is -0.273 e. The second-order valence-electron chi connectivity index (χ2n) is 7.37. The summed E-state index contributed by atoms with van der Waals surface area (Å²) in [7, 11) is 0. The molecule has 0 radical (unpaired) electrons. The van der Waals surface area contributed by atoms with E-state index in [1.807, 2.05) is 6.21 Å². The van der Waals surface area contributed by atoms with E-state index in [2.05, 4.69) is 10.5 Å². The SMILES string of the molecule is O=C(N/N=C\[C@@H]1C[C@@H]2CC[C@@H]1C2)[C@@H]1C[C@@H]2CC[C@@H]1C2. The van der Waals surface area contributed by atoms with Crippen molar-refractivity contribution in [1.82, 2.24) is 5.43 Å². The van der Waals surface area contributed by atoms with Crippen LogP contribution in [0.2, 0.25) is 0 Å². The molecule has 3 heteroatoms. The summed E-state index contributed by atoms with van der Waals surface area (Å²) in [5.41, 5.74) is 2.83. The second kappa shape index (κ2) is 4.60. The number of rotatable bonds is 3. The van der Waals surface area contributed by atoms with Gasteiger partial charge >= 0.3 is 0 Å². The zero-order chi connectivity index (χ0) is 12.8. The van der Waals surface area contributed by atoms with Crippen LogP contribution in [0.5, 0.6) is 0 Å². The standard InChI is InChI=1S/C16H24N2O/c19-16(15-8-11-2-4-13(15)6-11)18-17-9-14-7-10-1-3-12(14)5-10/h9-15H,1-8H2,(H,18,19)/b17-9-/t10-,11-,12-,13-,14+,15-/m1/s1. The first-order valence-corrected chi connectivity index (χ1v) is 8.12. The maximum atomic E-state index is 12.1. The largest absolute Gasteiger partial charge is 0.273 e. The summed E-state index contributed by atoms with van der Waals surface area (Å²) in [5.74, 6) is 4.37. The van der Waals surface area contributed by atoms with Crippen LogP contribution < -0.4 is 5.43 Å². The zero-order valence-electron chi connectivity index (χ0n) is 11.6. The van der Waals surface area contributed by atoms with Gasteiger partial charge in [-0.3, -0.25) is 4.79 Å². The summed E-state index contributed by atoms with van der Waals surface area (Å²) in [4.78, 5) is 12.1. The van der Waals surface area contributed by atoms with Crippen LogP contribution in [0.3, 0.4) is 0 Å². The fourth-order valence-corrected chi connectivity index (χ4v) is 5.32. The molecule has 1 N–H and O–H groups in total. The van der Waals surface area contributed by atoms with Gasteiger partial charge in [0.15, 0.2) is 0 Å². The van der Waals surface area contributed by atoms with Gasteiger partial charge in [-0.25, -0.2) is 5.43 Å². The highest BCUT2D eigenvalue weighted by atomic mass is 16.2. The number of nitrogens with zero attached hydrogens (tertiary/aromatic N) is 1. The van der Waals surface area contributed by atoms with Crippen molar-refractivity contribution in [3.63, 3.8) is 0 Å². The van der Waals surface area contributed by atoms with Crippen molar-refractivity contribution >= 4 is 12.1 Å². The van der Waals surface area contributed by atoms with Gasteiger partial charge < -0.3 is 0 Å². The molecule has 0 saturated heterocycles. The lowest BCUT2D eigenvalue weighted by Gasteiger charge is -2.20. The van der Waals surface area contributed by atoms with Gasteiger partial charge in [-0.1, -0.05) is 12.8 Å². The van der Waals surface area contributed by atoms with Gasteiger partial charge in [0.25, 0.3) is 0 Å². The lowest BCUT2D eigenvalue weighted by Crippen LogP contribution is -2.31. The van der Waals surface area contributed by atoms with Crippen molar-refractivity contribution < 1.29 is 4.79 Å². The van der Waals surface area contributed by atoms with Crippen molar-refractivity contribution in [2.24, 2.45) is 40.6 Å². The zero-order valence-corrected chi connectivity index (χ0v) is 11.6. The van der Waals surface area contributed by atoms with E-state index in [0.29, 0.717) is 11.8 Å². The van der Waals surface area contributed by atoms with Gasteiger partial charge in [0.05, 0.1) is 0 Å². The maximum absolute atomic E-state index is 12.1. The fourth-order valence-electron chi connectivity index (χ4n) is 5.32. The van der Waals surface area contributed by atoms with E-state index < -0.39 is 0 Å². The average Bonchev–Trinajstić information content (AvgIpc) is 3.18. The third kappa shape index (κ3) is 2.11. The van der Waals surface area contributed by atoms with Crippen molar-refractivity contribution in [2.75, 3.05) is 0 Å². The third-order valence-corrected chi connectivity index (χ3v) is 6.31. The first-order valence-electron chi connectivity index (χ1n) is 8.12. The first-order chi connectivity index (χ1) is 9.29. The molecule has 4 bridgehead atoms. The van der Waals surface area contributed by atoms with Crippen molar-refractivity contribution in [1.29, 1.82) is 0 Å². The second-order valence-corrected chi connectivity index (χ2v) is 7.37. The molecule has 0 aliphatic heterocycles. The third-order valence-electron chi connectivity index (χ3n) is 6.31. The van der Waals surface area contributed by atoms with Crippen LogP contribution in [0, 0.1) is 35.5 Å². The predicted molar refractivity (Wildman–Crippen MR) is 74.5 cm³/mol. The molecular weight excluding hydrogens is 236 g/mol. The van der Waals surface area contributed by atoms with Crippen LogP contribution in [-0.4, -0.2) is 12.1 Å². The summed E-state index contributed by atoms with van der Waals surface area (Å²) < 4.78 is 0. The Morgan fingerprint density at radius 2 is 1.68 bits per heavy atom. The molecule has 4 aliphatic carbocycles. The summed E-state index contributed by atoms with van der Waals surface area (Å²) in [5, 5.41) is 4.28. The highest BCUT2D eigenvalue weighted by Gasteiger charge is 2.43. The maximum Gasteiger partial charge on any atom is 0.243 e. The molecule has 0 aromatic heterocycles. The number of fused-ring (bicyclic) bond motifs is 4. The lowest BCUT2D eigenvalue weighted by atomic mass is 9.88. The Hall–Kier alpha value is -0.860. The van der Waals surface area contributed by atoms with Gasteiger partial charge in [0.2, 0.25) is 5.91 Å². The van der Waals surface area contributed by atoms with E-state index in [9.17, 15) is 4.79 Å². The summed E-state index contributed by atoms with van der Waals surface area (Å²) in [6, 6.07) is 0. The summed E-state index contributed by atoms with van der Waals surface area (Å²) in [6.45, 7) is 0. The van der Waals surface area contributed by atoms with Crippen LogP contribution in [0.15, 0.2) is 5.10 Å². The molecule has 3 nitrogen and oxygen atoms in total. The number of hydrogen-bond donors (Lipinski definition) is 1. The molecule has 0 spiro atoms. The lowest BCUT2D eigenvalue weighted by molar-refractivity contribution is -0.126. The van der Waals surface area contributed by atoms with Crippen LogP contribution in [-0.2, 0) is 4.79 Å². The molecule has 19 heavy (non-hydrogen) atoms. The Labute approximate surface area is 115 Å². The highest BCUT2D eigenvalue weighted by Crippen LogP contribution is 2.48. The number of hydrogen-bond acceptors (Lipinski definition) is 2. The van der Waals surface area contributed by atoms with Crippen molar-refractivity contribution in [3.8, 4) is 0 Å². The van der Waals surface area contributed by atoms with E-state index in [1.165, 1.54) is 44.9 Å². The van der Waals surface area contributed by atoms with Gasteiger partial charge in [0, 0.05) is 12.1 Å².